The van der Waals surface area contributed by atoms with E-state index in [0.29, 0.717) is 23.6 Å². The predicted octanol–water partition coefficient (Wildman–Crippen LogP) is 4.52. The lowest BCUT2D eigenvalue weighted by molar-refractivity contribution is -0.742. The third kappa shape index (κ3) is 7.90. The van der Waals surface area contributed by atoms with Crippen LogP contribution in [0.25, 0.3) is 33.8 Å². The van der Waals surface area contributed by atoms with Crippen molar-refractivity contribution in [1.29, 1.82) is 0 Å². The molecule has 0 amide bonds. The van der Waals surface area contributed by atoms with Crippen molar-refractivity contribution in [1.82, 2.24) is 73.4 Å². The molecular formula is C41H49N18S2+. The summed E-state index contributed by atoms with van der Waals surface area (Å²) in [4.78, 5) is 31.8. The Hall–Kier alpha value is -5.64. The van der Waals surface area contributed by atoms with E-state index in [1.165, 1.54) is 30.8 Å². The SMILES string of the molecule is Cc1cn2c(-c3c[nH][n+](Cc4cn5c(-c6cn[nH]c6)cnc5c(Nc5cc(CN6CCN(C)CC6)ns5)n4)c3)cnc2c(Nc2cnc(CN3CCC4(CCCNC4)C3)s2)n1. The lowest BCUT2D eigenvalue weighted by Crippen LogP contribution is -2.43. The molecule has 314 valence electrons. The van der Waals surface area contributed by atoms with Crippen LogP contribution in [-0.2, 0) is 19.6 Å². The number of aromatic amines is 2. The standard InChI is InChI=1S/C41H48N18S2/c1-27-19-58-33(17-45-39(58)37(49-27)52-35-18-43-36(60-35)24-56-7-5-41(26-56)4-3-6-42-25-41)29-15-48-57(20-29)22-31-23-59-32(28-13-46-47-14-28)16-44-40(59)38(50-31)51-34-12-30(53-61-34)21-55-10-8-54(2)9-11-55/h12-20,23,42H,3-11,21-22,24-26H2,1-2H3,(H3,46,47,49,50,51,52,53)/p+1. The molecule has 5 N–H and O–H groups in total. The van der Waals surface area contributed by atoms with Crippen LogP contribution in [0.4, 0.5) is 21.6 Å². The first-order valence-electron chi connectivity index (χ1n) is 21.0. The van der Waals surface area contributed by atoms with Crippen molar-refractivity contribution < 1.29 is 4.68 Å². The number of rotatable bonds is 12. The summed E-state index contributed by atoms with van der Waals surface area (Å²) in [6.07, 6.45) is 21.4. The maximum absolute atomic E-state index is 5.12. The second kappa shape index (κ2) is 16.0. The zero-order valence-electron chi connectivity index (χ0n) is 34.3. The number of nitrogens with zero attached hydrogens (tertiary/aromatic N) is 13. The van der Waals surface area contributed by atoms with Gasteiger partial charge in [-0.2, -0.15) is 14.6 Å². The van der Waals surface area contributed by atoms with Crippen LogP contribution in [0, 0.1) is 12.3 Å². The van der Waals surface area contributed by atoms with Gasteiger partial charge in [-0.1, -0.05) is 11.3 Å². The number of aromatic nitrogens is 12. The Morgan fingerprint density at radius 3 is 2.46 bits per heavy atom. The minimum absolute atomic E-state index is 0.431. The molecule has 1 unspecified atom stereocenters. The van der Waals surface area contributed by atoms with Crippen LogP contribution >= 0.6 is 22.9 Å². The first-order valence-corrected chi connectivity index (χ1v) is 22.6. The molecular weight excluding hydrogens is 809 g/mol. The van der Waals surface area contributed by atoms with Gasteiger partial charge in [-0.25, -0.2) is 24.9 Å². The highest BCUT2D eigenvalue weighted by molar-refractivity contribution is 7.15. The van der Waals surface area contributed by atoms with E-state index in [2.05, 4.69) is 74.1 Å². The molecule has 18 nitrogen and oxygen atoms in total. The summed E-state index contributed by atoms with van der Waals surface area (Å²) in [7, 11) is 2.18. The first kappa shape index (κ1) is 38.3. The van der Waals surface area contributed by atoms with Crippen molar-refractivity contribution in [3.05, 3.63) is 83.9 Å². The number of thiazole rings is 1. The Morgan fingerprint density at radius 2 is 1.64 bits per heavy atom. The smallest absolute Gasteiger partial charge is 0.215 e. The van der Waals surface area contributed by atoms with Crippen LogP contribution in [-0.4, -0.2) is 127 Å². The van der Waals surface area contributed by atoms with Crippen LogP contribution in [0.3, 0.4) is 0 Å². The molecule has 0 radical (unpaired) electrons. The summed E-state index contributed by atoms with van der Waals surface area (Å²) in [6, 6.07) is 2.13. The number of hydrogen-bond acceptors (Lipinski definition) is 15. The van der Waals surface area contributed by atoms with E-state index < -0.39 is 0 Å². The van der Waals surface area contributed by atoms with Crippen molar-refractivity contribution in [3.8, 4) is 22.5 Å². The van der Waals surface area contributed by atoms with Crippen molar-refractivity contribution in [2.75, 3.05) is 70.0 Å². The predicted molar refractivity (Wildman–Crippen MR) is 235 cm³/mol. The highest BCUT2D eigenvalue weighted by Crippen LogP contribution is 2.38. The molecule has 1 spiro atoms. The van der Waals surface area contributed by atoms with Gasteiger partial charge < -0.3 is 20.9 Å². The summed E-state index contributed by atoms with van der Waals surface area (Å²) >= 11 is 3.14. The lowest BCUT2D eigenvalue weighted by Gasteiger charge is -2.33. The van der Waals surface area contributed by atoms with Crippen LogP contribution < -0.4 is 20.6 Å². The number of H-pyrrole nitrogens is 2. The average molecular weight is 858 g/mol. The van der Waals surface area contributed by atoms with Gasteiger partial charge in [-0.15, -0.1) is 4.68 Å². The topological polar surface area (TPSA) is 180 Å². The maximum atomic E-state index is 5.12. The zero-order chi connectivity index (χ0) is 40.9. The van der Waals surface area contributed by atoms with Gasteiger partial charge in [0.2, 0.25) is 12.7 Å². The number of likely N-dealkylation sites (tertiary alicyclic amines) is 1. The Balaban J connectivity index is 0.820. The third-order valence-corrected chi connectivity index (χ3v) is 13.9. The number of fused-ring (bicyclic) bond motifs is 2. The van der Waals surface area contributed by atoms with Gasteiger partial charge in [0.25, 0.3) is 0 Å². The monoisotopic (exact) mass is 857 g/mol. The molecule has 0 saturated carbocycles. The van der Waals surface area contributed by atoms with Gasteiger partial charge in [0.15, 0.2) is 22.9 Å². The van der Waals surface area contributed by atoms with Crippen molar-refractivity contribution in [3.63, 3.8) is 0 Å². The Labute approximate surface area is 360 Å². The summed E-state index contributed by atoms with van der Waals surface area (Å²) < 4.78 is 11.0. The van der Waals surface area contributed by atoms with E-state index in [4.69, 9.17) is 29.3 Å². The van der Waals surface area contributed by atoms with E-state index in [1.807, 2.05) is 55.0 Å². The molecule has 0 aliphatic carbocycles. The third-order valence-electron chi connectivity index (χ3n) is 12.3. The Morgan fingerprint density at radius 1 is 0.820 bits per heavy atom. The van der Waals surface area contributed by atoms with Crippen LogP contribution in [0.1, 0.15) is 41.4 Å². The van der Waals surface area contributed by atoms with Gasteiger partial charge in [0, 0.05) is 70.0 Å². The molecule has 1 atom stereocenters. The second-order valence-corrected chi connectivity index (χ2v) is 18.7. The summed E-state index contributed by atoms with van der Waals surface area (Å²) in [5.74, 6) is 1.37. The van der Waals surface area contributed by atoms with Gasteiger partial charge in [0.1, 0.15) is 20.7 Å². The van der Waals surface area contributed by atoms with Crippen molar-refractivity contribution >= 4 is 55.8 Å². The van der Waals surface area contributed by atoms with E-state index in [0.717, 1.165) is 131 Å². The van der Waals surface area contributed by atoms with E-state index in [-0.39, 0.29) is 0 Å². The highest BCUT2D eigenvalue weighted by Gasteiger charge is 2.39. The van der Waals surface area contributed by atoms with E-state index >= 15 is 0 Å². The molecule has 61 heavy (non-hydrogen) atoms. The largest absolute Gasteiger partial charge is 0.328 e. The molecule has 8 aromatic rings. The number of hydrogen-bond donors (Lipinski definition) is 5. The van der Waals surface area contributed by atoms with Crippen molar-refractivity contribution in [2.45, 2.75) is 45.8 Å². The van der Waals surface area contributed by atoms with Gasteiger partial charge >= 0.3 is 0 Å². The summed E-state index contributed by atoms with van der Waals surface area (Å²) in [5, 5.41) is 24.3. The fraction of sp³-hybridized carbons (Fsp3) is 0.415. The number of piperidine rings is 1. The molecule has 20 heteroatoms. The number of imidazole rings is 2. The van der Waals surface area contributed by atoms with Gasteiger partial charge in [-0.3, -0.25) is 23.7 Å². The first-order chi connectivity index (χ1) is 29.9. The Kier molecular flexibility index (Phi) is 10.0. The maximum Gasteiger partial charge on any atom is 0.215 e. The molecule has 3 saturated heterocycles. The van der Waals surface area contributed by atoms with Gasteiger partial charge in [0.05, 0.1) is 65.9 Å². The quantitative estimate of drug-likeness (QED) is 0.108. The number of aryl methyl sites for hydroxylation is 1. The van der Waals surface area contributed by atoms with Crippen molar-refractivity contribution in [2.24, 2.45) is 5.41 Å². The van der Waals surface area contributed by atoms with Crippen LogP contribution in [0.5, 0.6) is 0 Å². The normalized spacial score (nSPS) is 19.2. The zero-order valence-corrected chi connectivity index (χ0v) is 35.9. The summed E-state index contributed by atoms with van der Waals surface area (Å²) in [6.45, 7) is 13.0. The minimum atomic E-state index is 0.431. The number of likely N-dealkylation sites (N-methyl/N-ethyl adjacent to an activating group) is 1. The minimum Gasteiger partial charge on any atom is -0.328 e. The fourth-order valence-corrected chi connectivity index (χ4v) is 10.6. The molecule has 11 heterocycles. The molecule has 3 fully saturated rings. The van der Waals surface area contributed by atoms with Crippen LogP contribution in [0.2, 0.25) is 0 Å². The molecule has 3 aliphatic heterocycles. The average Bonchev–Trinajstić information content (AvgIpc) is 4.11. The molecule has 0 aromatic carbocycles. The number of nitrogens with one attached hydrogen (secondary N) is 5. The number of anilines is 4. The van der Waals surface area contributed by atoms with Crippen LogP contribution in [0.15, 0.2) is 61.8 Å². The Bertz CT molecular complexity index is 2780. The van der Waals surface area contributed by atoms with Gasteiger partial charge in [-0.05, 0) is 69.3 Å². The number of piperazine rings is 1. The highest BCUT2D eigenvalue weighted by atomic mass is 32.1. The fourth-order valence-electron chi connectivity index (χ4n) is 9.10. The molecule has 11 rings (SSSR count). The molecule has 3 aliphatic rings. The summed E-state index contributed by atoms with van der Waals surface area (Å²) in [5.41, 5.74) is 8.45. The second-order valence-electron chi connectivity index (χ2n) is 16.8. The molecule has 8 aromatic heterocycles. The lowest BCUT2D eigenvalue weighted by atomic mass is 9.80. The molecule has 0 bridgehead atoms. The van der Waals surface area contributed by atoms with E-state index in [9.17, 15) is 0 Å². The van der Waals surface area contributed by atoms with E-state index in [1.54, 1.807) is 17.5 Å².